The lowest BCUT2D eigenvalue weighted by molar-refractivity contribution is 0.0244. The van der Waals surface area contributed by atoms with Crippen molar-refractivity contribution in [1.82, 2.24) is 20.0 Å². The molecular weight excluding hydrogens is 368 g/mol. The van der Waals surface area contributed by atoms with Crippen LogP contribution in [0.4, 0.5) is 0 Å². The molecule has 0 saturated carbocycles. The molecule has 144 valence electrons. The molecule has 0 aliphatic heterocycles. The highest BCUT2D eigenvalue weighted by Gasteiger charge is 2.27. The minimum atomic E-state index is -1.06. The van der Waals surface area contributed by atoms with Crippen LogP contribution >= 0.6 is 0 Å². The van der Waals surface area contributed by atoms with E-state index < -0.39 is 12.1 Å². The first kappa shape index (κ1) is 18.5. The molecule has 0 fully saturated rings. The molecule has 0 N–H and O–H groups in total. The van der Waals surface area contributed by atoms with Gasteiger partial charge < -0.3 is 4.74 Å². The highest BCUT2D eigenvalue weighted by Crippen LogP contribution is 2.16. The van der Waals surface area contributed by atoms with Crippen molar-refractivity contribution < 1.29 is 14.3 Å². The zero-order valence-corrected chi connectivity index (χ0v) is 15.7. The smallest absolute Gasteiger partial charge is 0.340 e. The van der Waals surface area contributed by atoms with Crippen molar-refractivity contribution in [2.24, 2.45) is 0 Å². The van der Waals surface area contributed by atoms with Crippen molar-refractivity contribution >= 4 is 22.8 Å². The van der Waals surface area contributed by atoms with Crippen molar-refractivity contribution in [2.75, 3.05) is 0 Å². The summed E-state index contributed by atoms with van der Waals surface area (Å²) in [5.74, 6) is -0.921. The Bertz CT molecular complexity index is 1150. The number of carbonyl (C=O) groups excluding carboxylic acids is 2. The molecule has 0 aliphatic carbocycles. The van der Waals surface area contributed by atoms with E-state index in [-0.39, 0.29) is 17.9 Å². The van der Waals surface area contributed by atoms with Crippen LogP contribution in [0, 0.1) is 6.92 Å². The maximum Gasteiger partial charge on any atom is 0.340 e. The molecular formula is C22H18N4O3. The van der Waals surface area contributed by atoms with Gasteiger partial charge in [0.05, 0.1) is 17.6 Å². The number of hydrogen-bond acceptors (Lipinski definition) is 6. The predicted molar refractivity (Wildman–Crippen MR) is 106 cm³/mol. The van der Waals surface area contributed by atoms with Crippen LogP contribution in [-0.2, 0) is 11.3 Å². The molecule has 2 heterocycles. The maximum atomic E-state index is 13.1. The number of pyridine rings is 1. The quantitative estimate of drug-likeness (QED) is 0.373. The summed E-state index contributed by atoms with van der Waals surface area (Å²) in [4.78, 5) is 29.6. The van der Waals surface area contributed by atoms with Crippen LogP contribution in [0.3, 0.4) is 0 Å². The van der Waals surface area contributed by atoms with E-state index in [1.165, 1.54) is 6.20 Å². The number of Topliss-reactive ketones (excluding diaryl/α,β-unsaturated/α-hetero) is 1. The average molecular weight is 386 g/mol. The standard InChI is InChI=1S/C22H18N4O3/c1-15-8-10-16(11-9-15)21(27)20(29-22(28)17-5-4-12-23-13-17)14-26-19-7-3-2-6-18(19)24-25-26/h2-13,20H,14H2,1H3. The zero-order valence-electron chi connectivity index (χ0n) is 15.7. The third-order valence-corrected chi connectivity index (χ3v) is 4.53. The van der Waals surface area contributed by atoms with Crippen molar-refractivity contribution in [3.05, 3.63) is 89.7 Å². The van der Waals surface area contributed by atoms with Crippen molar-refractivity contribution in [2.45, 2.75) is 19.6 Å². The first-order chi connectivity index (χ1) is 14.1. The zero-order chi connectivity index (χ0) is 20.2. The molecule has 1 atom stereocenters. The van der Waals surface area contributed by atoms with E-state index in [1.54, 1.807) is 35.1 Å². The Balaban J connectivity index is 1.65. The van der Waals surface area contributed by atoms with Crippen LogP contribution in [0.1, 0.15) is 26.3 Å². The van der Waals surface area contributed by atoms with E-state index in [2.05, 4.69) is 15.3 Å². The summed E-state index contributed by atoms with van der Waals surface area (Å²) in [6.07, 6.45) is 1.91. The van der Waals surface area contributed by atoms with Gasteiger partial charge in [-0.2, -0.15) is 0 Å². The number of aromatic nitrogens is 4. The summed E-state index contributed by atoms with van der Waals surface area (Å²) in [6.45, 7) is 1.99. The molecule has 7 nitrogen and oxygen atoms in total. The lowest BCUT2D eigenvalue weighted by Gasteiger charge is -2.17. The van der Waals surface area contributed by atoms with Gasteiger partial charge >= 0.3 is 5.97 Å². The van der Waals surface area contributed by atoms with Gasteiger partial charge in [0.25, 0.3) is 0 Å². The maximum absolute atomic E-state index is 13.1. The van der Waals surface area contributed by atoms with E-state index in [9.17, 15) is 9.59 Å². The molecule has 0 spiro atoms. The van der Waals surface area contributed by atoms with Gasteiger partial charge in [0.15, 0.2) is 6.10 Å². The molecule has 2 aromatic carbocycles. The molecule has 4 aromatic rings. The fourth-order valence-corrected chi connectivity index (χ4v) is 2.97. The average Bonchev–Trinajstić information content (AvgIpc) is 3.17. The fraction of sp³-hybridized carbons (Fsp3) is 0.136. The minimum absolute atomic E-state index is 0.0548. The van der Waals surface area contributed by atoms with Gasteiger partial charge in [0, 0.05) is 18.0 Å². The van der Waals surface area contributed by atoms with E-state index in [1.807, 2.05) is 43.3 Å². The van der Waals surface area contributed by atoms with Crippen LogP contribution < -0.4 is 0 Å². The van der Waals surface area contributed by atoms with Crippen LogP contribution in [0.2, 0.25) is 0 Å². The summed E-state index contributed by atoms with van der Waals surface area (Å²) in [7, 11) is 0. The number of ketones is 1. The number of esters is 1. The Kier molecular flexibility index (Phi) is 5.11. The molecule has 0 bridgehead atoms. The van der Waals surface area contributed by atoms with Crippen LogP contribution in [0.15, 0.2) is 73.1 Å². The van der Waals surface area contributed by atoms with Crippen LogP contribution in [0.25, 0.3) is 11.0 Å². The number of ether oxygens (including phenoxy) is 1. The van der Waals surface area contributed by atoms with E-state index in [0.29, 0.717) is 11.1 Å². The Morgan fingerprint density at radius 1 is 1.00 bits per heavy atom. The molecule has 2 aromatic heterocycles. The lowest BCUT2D eigenvalue weighted by atomic mass is 10.0. The lowest BCUT2D eigenvalue weighted by Crippen LogP contribution is -2.32. The normalized spacial score (nSPS) is 11.9. The molecule has 29 heavy (non-hydrogen) atoms. The fourth-order valence-electron chi connectivity index (χ4n) is 2.97. The summed E-state index contributed by atoms with van der Waals surface area (Å²) < 4.78 is 7.16. The van der Waals surface area contributed by atoms with Gasteiger partial charge in [-0.3, -0.25) is 9.78 Å². The number of carbonyl (C=O) groups is 2. The van der Waals surface area contributed by atoms with E-state index in [0.717, 1.165) is 11.1 Å². The summed E-state index contributed by atoms with van der Waals surface area (Å²) >= 11 is 0. The highest BCUT2D eigenvalue weighted by molar-refractivity contribution is 6.01. The summed E-state index contributed by atoms with van der Waals surface area (Å²) in [5, 5.41) is 8.22. The molecule has 1 unspecified atom stereocenters. The third-order valence-electron chi connectivity index (χ3n) is 4.53. The molecule has 0 radical (unpaired) electrons. The van der Waals surface area contributed by atoms with Crippen molar-refractivity contribution in [3.63, 3.8) is 0 Å². The second-order valence-electron chi connectivity index (χ2n) is 6.63. The predicted octanol–water partition coefficient (Wildman–Crippen LogP) is 3.24. The van der Waals surface area contributed by atoms with Gasteiger partial charge in [-0.25, -0.2) is 9.48 Å². The Hall–Kier alpha value is -3.87. The summed E-state index contributed by atoms with van der Waals surface area (Å²) in [6, 6.07) is 17.8. The number of fused-ring (bicyclic) bond motifs is 1. The van der Waals surface area contributed by atoms with Gasteiger partial charge in [0.2, 0.25) is 5.78 Å². The van der Waals surface area contributed by atoms with Crippen LogP contribution in [-0.4, -0.2) is 37.8 Å². The van der Waals surface area contributed by atoms with Crippen molar-refractivity contribution in [3.8, 4) is 0 Å². The van der Waals surface area contributed by atoms with Crippen molar-refractivity contribution in [1.29, 1.82) is 0 Å². The SMILES string of the molecule is Cc1ccc(C(=O)C(Cn2nnc3ccccc32)OC(=O)c2cccnc2)cc1. The number of rotatable bonds is 6. The Morgan fingerprint density at radius 2 is 1.79 bits per heavy atom. The minimum Gasteiger partial charge on any atom is -0.448 e. The molecule has 0 saturated heterocycles. The van der Waals surface area contributed by atoms with Gasteiger partial charge in [-0.05, 0) is 31.2 Å². The highest BCUT2D eigenvalue weighted by atomic mass is 16.5. The third kappa shape index (κ3) is 4.03. The van der Waals surface area contributed by atoms with Gasteiger partial charge in [-0.1, -0.05) is 47.2 Å². The van der Waals surface area contributed by atoms with Gasteiger partial charge in [-0.15, -0.1) is 5.10 Å². The van der Waals surface area contributed by atoms with Gasteiger partial charge in [0.1, 0.15) is 5.52 Å². The van der Waals surface area contributed by atoms with Crippen LogP contribution in [0.5, 0.6) is 0 Å². The second kappa shape index (κ2) is 8.02. The number of aryl methyl sites for hydroxylation is 1. The summed E-state index contributed by atoms with van der Waals surface area (Å²) in [5.41, 5.74) is 3.23. The van der Waals surface area contributed by atoms with E-state index >= 15 is 0 Å². The first-order valence-electron chi connectivity index (χ1n) is 9.12. The monoisotopic (exact) mass is 386 g/mol. The molecule has 4 rings (SSSR count). The Labute approximate surface area is 167 Å². The van der Waals surface area contributed by atoms with E-state index in [4.69, 9.17) is 4.74 Å². The number of nitrogens with zero attached hydrogens (tertiary/aromatic N) is 4. The molecule has 0 amide bonds. The number of hydrogen-bond donors (Lipinski definition) is 0. The topological polar surface area (TPSA) is 87.0 Å². The molecule has 7 heteroatoms. The molecule has 0 aliphatic rings. The first-order valence-corrected chi connectivity index (χ1v) is 9.12. The largest absolute Gasteiger partial charge is 0.448 e. The number of benzene rings is 2. The Morgan fingerprint density at radius 3 is 2.55 bits per heavy atom. The number of para-hydroxylation sites is 1. The second-order valence-corrected chi connectivity index (χ2v) is 6.63.